The summed E-state index contributed by atoms with van der Waals surface area (Å²) in [4.78, 5) is 12.9. The van der Waals surface area contributed by atoms with Gasteiger partial charge < -0.3 is 10.1 Å². The molecule has 1 N–H and O–H groups in total. The number of benzene rings is 3. The Bertz CT molecular complexity index is 1280. The second-order valence-electron chi connectivity index (χ2n) is 7.85. The van der Waals surface area contributed by atoms with Crippen molar-refractivity contribution in [1.29, 1.82) is 0 Å². The van der Waals surface area contributed by atoms with Crippen molar-refractivity contribution in [2.24, 2.45) is 5.10 Å². The van der Waals surface area contributed by atoms with Gasteiger partial charge >= 0.3 is 18.1 Å². The summed E-state index contributed by atoms with van der Waals surface area (Å²) in [6, 6.07) is 18.9. The molecule has 0 aliphatic carbocycles. The number of urea groups is 1. The third-order valence-corrected chi connectivity index (χ3v) is 5.65. The van der Waals surface area contributed by atoms with Gasteiger partial charge in [-0.05, 0) is 17.2 Å². The number of carbonyl (C=O) groups is 1. The van der Waals surface area contributed by atoms with Gasteiger partial charge in [0.25, 0.3) is 0 Å². The van der Waals surface area contributed by atoms with Crippen molar-refractivity contribution in [3.63, 3.8) is 0 Å². The van der Waals surface area contributed by atoms with Crippen molar-refractivity contribution >= 4 is 17.4 Å². The van der Waals surface area contributed by atoms with E-state index >= 15 is 0 Å². The number of nitrogens with one attached hydrogen (secondary N) is 1. The van der Waals surface area contributed by atoms with Crippen molar-refractivity contribution in [3.8, 4) is 5.75 Å². The topological polar surface area (TPSA) is 53.9 Å². The summed E-state index contributed by atoms with van der Waals surface area (Å²) in [5.74, 6) is -7.72. The molecule has 2 aliphatic heterocycles. The quantitative estimate of drug-likeness (QED) is 0.479. The van der Waals surface area contributed by atoms with E-state index in [1.165, 1.54) is 0 Å². The fourth-order valence-corrected chi connectivity index (χ4v) is 3.98. The number of amides is 2. The van der Waals surface area contributed by atoms with Crippen molar-refractivity contribution in [3.05, 3.63) is 95.3 Å². The standard InChI is InChI=1S/C24H16F5N3O2/c25-19-12-16(11-18-21(19)34-24(28,29)23(18,26)27)30-22(33)32-13-17(14-7-3-1-4-8-14)20(31-32)15-9-5-2-6-10-15/h1-12,17H,13H2,(H,30,33). The fraction of sp³-hybridized carbons (Fsp3) is 0.167. The molecular weight excluding hydrogens is 457 g/mol. The minimum Gasteiger partial charge on any atom is -0.424 e. The highest BCUT2D eigenvalue weighted by Crippen LogP contribution is 2.54. The van der Waals surface area contributed by atoms with E-state index in [9.17, 15) is 26.7 Å². The van der Waals surface area contributed by atoms with Gasteiger partial charge in [-0.2, -0.15) is 22.7 Å². The van der Waals surface area contributed by atoms with Crippen molar-refractivity contribution in [2.45, 2.75) is 17.9 Å². The van der Waals surface area contributed by atoms with E-state index in [-0.39, 0.29) is 12.5 Å². The van der Waals surface area contributed by atoms with Crippen LogP contribution in [-0.4, -0.2) is 29.4 Å². The van der Waals surface area contributed by atoms with Crippen LogP contribution in [0.15, 0.2) is 77.9 Å². The zero-order chi connectivity index (χ0) is 24.1. The molecule has 1 unspecified atom stereocenters. The summed E-state index contributed by atoms with van der Waals surface area (Å²) >= 11 is 0. The molecule has 0 bridgehead atoms. The second kappa shape index (κ2) is 7.82. The Morgan fingerprint density at radius 1 is 1.00 bits per heavy atom. The van der Waals surface area contributed by atoms with Crippen LogP contribution in [0.2, 0.25) is 0 Å². The number of ether oxygens (including phenoxy) is 1. The molecule has 2 heterocycles. The number of nitrogens with zero attached hydrogens (tertiary/aromatic N) is 2. The predicted octanol–water partition coefficient (Wildman–Crippen LogP) is 5.94. The molecule has 2 aliphatic rings. The molecule has 174 valence electrons. The van der Waals surface area contributed by atoms with Gasteiger partial charge in [0.1, 0.15) is 0 Å². The van der Waals surface area contributed by atoms with Gasteiger partial charge in [0.2, 0.25) is 0 Å². The Labute approximate surface area is 190 Å². The molecule has 2 amide bonds. The summed E-state index contributed by atoms with van der Waals surface area (Å²) in [5.41, 5.74) is 0.533. The van der Waals surface area contributed by atoms with Gasteiger partial charge in [-0.15, -0.1) is 0 Å². The molecule has 0 spiro atoms. The van der Waals surface area contributed by atoms with Crippen LogP contribution in [0.5, 0.6) is 5.75 Å². The van der Waals surface area contributed by atoms with Gasteiger partial charge in [-0.25, -0.2) is 14.2 Å². The molecule has 10 heteroatoms. The number of halogens is 5. The van der Waals surface area contributed by atoms with Gasteiger partial charge in [-0.3, -0.25) is 0 Å². The number of fused-ring (bicyclic) bond motifs is 1. The Hall–Kier alpha value is -3.95. The highest BCUT2D eigenvalue weighted by atomic mass is 19.3. The lowest BCUT2D eigenvalue weighted by Gasteiger charge is -2.17. The normalized spacial score (nSPS) is 19.9. The Morgan fingerprint density at radius 2 is 1.65 bits per heavy atom. The van der Waals surface area contributed by atoms with Crippen LogP contribution in [0.1, 0.15) is 22.6 Å². The summed E-state index contributed by atoms with van der Waals surface area (Å²) in [6.07, 6.45) is -4.90. The van der Waals surface area contributed by atoms with Gasteiger partial charge in [-0.1, -0.05) is 60.7 Å². The average Bonchev–Trinajstić information content (AvgIpc) is 3.34. The van der Waals surface area contributed by atoms with E-state index in [4.69, 9.17) is 0 Å². The van der Waals surface area contributed by atoms with Crippen LogP contribution >= 0.6 is 0 Å². The molecule has 3 aromatic rings. The molecular formula is C24H16F5N3O2. The zero-order valence-corrected chi connectivity index (χ0v) is 17.3. The largest absolute Gasteiger partial charge is 0.469 e. The maximum Gasteiger partial charge on any atom is 0.469 e. The third-order valence-electron chi connectivity index (χ3n) is 5.65. The van der Waals surface area contributed by atoms with Gasteiger partial charge in [0.15, 0.2) is 11.6 Å². The predicted molar refractivity (Wildman–Crippen MR) is 114 cm³/mol. The van der Waals surface area contributed by atoms with Crippen LogP contribution < -0.4 is 10.1 Å². The molecule has 0 saturated heterocycles. The minimum absolute atomic E-state index is 0.130. The monoisotopic (exact) mass is 473 g/mol. The molecule has 1 atom stereocenters. The minimum atomic E-state index is -4.90. The van der Waals surface area contributed by atoms with E-state index in [1.54, 1.807) is 0 Å². The lowest BCUT2D eigenvalue weighted by molar-refractivity contribution is -0.296. The van der Waals surface area contributed by atoms with Crippen molar-refractivity contribution < 1.29 is 31.5 Å². The zero-order valence-electron chi connectivity index (χ0n) is 17.3. The first-order valence-electron chi connectivity index (χ1n) is 10.2. The Balaban J connectivity index is 1.44. The molecule has 3 aromatic carbocycles. The van der Waals surface area contributed by atoms with E-state index < -0.39 is 40.9 Å². The summed E-state index contributed by atoms with van der Waals surface area (Å²) in [7, 11) is 0. The first-order valence-corrected chi connectivity index (χ1v) is 10.2. The van der Waals surface area contributed by atoms with Crippen LogP contribution in [0, 0.1) is 5.82 Å². The molecule has 5 nitrogen and oxygen atoms in total. The molecule has 0 fully saturated rings. The number of alkyl halides is 4. The highest BCUT2D eigenvalue weighted by molar-refractivity contribution is 6.07. The number of hydrogen-bond donors (Lipinski definition) is 1. The van der Waals surface area contributed by atoms with Crippen molar-refractivity contribution in [2.75, 3.05) is 11.9 Å². The molecule has 34 heavy (non-hydrogen) atoms. The van der Waals surface area contributed by atoms with Crippen molar-refractivity contribution in [1.82, 2.24) is 5.01 Å². The molecule has 0 saturated carbocycles. The first-order chi connectivity index (χ1) is 16.2. The van der Waals surface area contributed by atoms with Gasteiger partial charge in [0, 0.05) is 17.7 Å². The molecule has 5 rings (SSSR count). The average molecular weight is 473 g/mol. The smallest absolute Gasteiger partial charge is 0.424 e. The maximum atomic E-state index is 14.2. The number of anilines is 1. The summed E-state index contributed by atoms with van der Waals surface area (Å²) in [5, 5.41) is 7.77. The lowest BCUT2D eigenvalue weighted by Crippen LogP contribution is -2.37. The number of rotatable bonds is 3. The van der Waals surface area contributed by atoms with Crippen LogP contribution in [-0.2, 0) is 5.92 Å². The SMILES string of the molecule is O=C(Nc1cc(F)c2c(c1)C(F)(F)C(F)(F)O2)N1CC(c2ccccc2)C(c2ccccc2)=N1. The van der Waals surface area contributed by atoms with Crippen LogP contribution in [0.25, 0.3) is 0 Å². The summed E-state index contributed by atoms with van der Waals surface area (Å²) in [6.45, 7) is 0.130. The second-order valence-corrected chi connectivity index (χ2v) is 7.85. The van der Waals surface area contributed by atoms with Crippen LogP contribution in [0.4, 0.5) is 32.4 Å². The van der Waals surface area contributed by atoms with E-state index in [0.717, 1.165) is 16.1 Å². The summed E-state index contributed by atoms with van der Waals surface area (Å²) < 4.78 is 73.1. The number of carbonyl (C=O) groups excluding carboxylic acids is 1. The first kappa shape index (κ1) is 21.9. The van der Waals surface area contributed by atoms with Crippen LogP contribution in [0.3, 0.4) is 0 Å². The Kier molecular flexibility index (Phi) is 5.03. The fourth-order valence-electron chi connectivity index (χ4n) is 3.98. The Morgan fingerprint density at radius 3 is 2.32 bits per heavy atom. The lowest BCUT2D eigenvalue weighted by atomic mass is 9.91. The van der Waals surface area contributed by atoms with E-state index in [0.29, 0.717) is 17.8 Å². The third kappa shape index (κ3) is 3.55. The number of hydrazone groups is 1. The molecule has 0 radical (unpaired) electrons. The molecule has 0 aromatic heterocycles. The van der Waals surface area contributed by atoms with E-state index in [1.807, 2.05) is 60.7 Å². The van der Waals surface area contributed by atoms with E-state index in [2.05, 4.69) is 15.2 Å². The maximum absolute atomic E-state index is 14.2. The highest BCUT2D eigenvalue weighted by Gasteiger charge is 2.67. The van der Waals surface area contributed by atoms with Gasteiger partial charge in [0.05, 0.1) is 17.8 Å². The number of hydrogen-bond acceptors (Lipinski definition) is 3.